The van der Waals surface area contributed by atoms with Crippen LogP contribution in [0.1, 0.15) is 23.9 Å². The molecule has 3 aromatic heterocycles. The third kappa shape index (κ3) is 5.16. The van der Waals surface area contributed by atoms with Crippen LogP contribution in [0.2, 0.25) is 0 Å². The first-order valence-electron chi connectivity index (χ1n) is 13.6. The van der Waals surface area contributed by atoms with E-state index in [1.165, 1.54) is 0 Å². The highest BCUT2D eigenvalue weighted by Gasteiger charge is 2.19. The molecule has 0 aliphatic rings. The number of aromatic nitrogens is 2. The number of rotatable bonds is 11. The lowest BCUT2D eigenvalue weighted by Crippen LogP contribution is -2.17. The topological polar surface area (TPSA) is 109 Å². The van der Waals surface area contributed by atoms with Crippen LogP contribution < -0.4 is 14.2 Å². The van der Waals surface area contributed by atoms with E-state index in [0.29, 0.717) is 46.9 Å². The SMILES string of the molecule is COc1cc(Cn2c3ccccc3c3c(OCC(C)C(=O)O)cccc32)ccc1OCc1nc(-c2ccco2)oc1C. The first-order valence-corrected chi connectivity index (χ1v) is 13.6. The van der Waals surface area contributed by atoms with Gasteiger partial charge in [0.1, 0.15) is 30.4 Å². The molecule has 0 spiro atoms. The van der Waals surface area contributed by atoms with Crippen molar-refractivity contribution in [2.24, 2.45) is 5.92 Å². The van der Waals surface area contributed by atoms with E-state index in [0.717, 1.165) is 27.4 Å². The van der Waals surface area contributed by atoms with Crippen LogP contribution >= 0.6 is 0 Å². The fraction of sp³-hybridized carbons (Fsp3) is 0.212. The Morgan fingerprint density at radius 1 is 0.976 bits per heavy atom. The summed E-state index contributed by atoms with van der Waals surface area (Å²) >= 11 is 0. The molecule has 0 amide bonds. The molecule has 1 atom stereocenters. The molecule has 214 valence electrons. The van der Waals surface area contributed by atoms with Crippen LogP contribution in [-0.4, -0.2) is 34.3 Å². The van der Waals surface area contributed by atoms with Crippen molar-refractivity contribution in [3.63, 3.8) is 0 Å². The normalized spacial score (nSPS) is 12.1. The molecule has 0 aliphatic carbocycles. The summed E-state index contributed by atoms with van der Waals surface area (Å²) in [7, 11) is 1.62. The van der Waals surface area contributed by atoms with Crippen molar-refractivity contribution in [3.8, 4) is 28.9 Å². The zero-order chi connectivity index (χ0) is 29.2. The molecule has 3 heterocycles. The summed E-state index contributed by atoms with van der Waals surface area (Å²) in [6.07, 6.45) is 1.58. The van der Waals surface area contributed by atoms with Gasteiger partial charge in [0, 0.05) is 22.8 Å². The van der Waals surface area contributed by atoms with Gasteiger partial charge in [0.25, 0.3) is 5.89 Å². The van der Waals surface area contributed by atoms with Gasteiger partial charge in [-0.25, -0.2) is 4.98 Å². The van der Waals surface area contributed by atoms with E-state index in [2.05, 4.69) is 27.8 Å². The van der Waals surface area contributed by atoms with E-state index < -0.39 is 11.9 Å². The van der Waals surface area contributed by atoms with Gasteiger partial charge in [-0.2, -0.15) is 0 Å². The van der Waals surface area contributed by atoms with Crippen LogP contribution in [0.5, 0.6) is 17.2 Å². The maximum absolute atomic E-state index is 11.3. The Morgan fingerprint density at radius 3 is 2.60 bits per heavy atom. The highest BCUT2D eigenvalue weighted by molar-refractivity contribution is 6.11. The lowest BCUT2D eigenvalue weighted by molar-refractivity contribution is -0.142. The number of fused-ring (bicyclic) bond motifs is 3. The van der Waals surface area contributed by atoms with Gasteiger partial charge in [-0.15, -0.1) is 0 Å². The predicted octanol–water partition coefficient (Wildman–Crippen LogP) is 7.09. The van der Waals surface area contributed by atoms with Gasteiger partial charge in [0.15, 0.2) is 17.3 Å². The van der Waals surface area contributed by atoms with Crippen LogP contribution in [-0.2, 0) is 17.9 Å². The molecule has 42 heavy (non-hydrogen) atoms. The maximum atomic E-state index is 11.3. The number of hydrogen-bond acceptors (Lipinski definition) is 7. The summed E-state index contributed by atoms with van der Waals surface area (Å²) in [6, 6.07) is 23.4. The molecule has 1 unspecified atom stereocenters. The van der Waals surface area contributed by atoms with Crippen LogP contribution in [0.4, 0.5) is 0 Å². The van der Waals surface area contributed by atoms with Gasteiger partial charge in [-0.1, -0.05) is 30.3 Å². The molecule has 9 nitrogen and oxygen atoms in total. The summed E-state index contributed by atoms with van der Waals surface area (Å²) in [5.74, 6) is 1.98. The molecular weight excluding hydrogens is 536 g/mol. The summed E-state index contributed by atoms with van der Waals surface area (Å²) in [5, 5.41) is 11.3. The van der Waals surface area contributed by atoms with Crippen molar-refractivity contribution < 1.29 is 32.9 Å². The van der Waals surface area contributed by atoms with Crippen LogP contribution in [0.25, 0.3) is 33.5 Å². The van der Waals surface area contributed by atoms with Crippen molar-refractivity contribution in [1.82, 2.24) is 9.55 Å². The zero-order valence-electron chi connectivity index (χ0n) is 23.5. The summed E-state index contributed by atoms with van der Waals surface area (Å²) in [5.41, 5.74) is 3.73. The Kier molecular flexibility index (Phi) is 7.31. The number of benzene rings is 3. The number of carbonyl (C=O) groups is 1. The van der Waals surface area contributed by atoms with E-state index >= 15 is 0 Å². The van der Waals surface area contributed by atoms with Gasteiger partial charge in [-0.05, 0) is 61.9 Å². The Morgan fingerprint density at radius 2 is 1.81 bits per heavy atom. The first-order chi connectivity index (χ1) is 20.4. The summed E-state index contributed by atoms with van der Waals surface area (Å²) in [6.45, 7) is 4.35. The predicted molar refractivity (Wildman–Crippen MR) is 157 cm³/mol. The molecule has 0 saturated carbocycles. The molecular formula is C33H30N2O7. The van der Waals surface area contributed by atoms with Crippen molar-refractivity contribution in [2.45, 2.75) is 27.0 Å². The van der Waals surface area contributed by atoms with E-state index in [9.17, 15) is 9.90 Å². The number of furan rings is 1. The fourth-order valence-corrected chi connectivity index (χ4v) is 4.97. The average molecular weight is 567 g/mol. The molecule has 0 radical (unpaired) electrons. The second-order valence-electron chi connectivity index (χ2n) is 10.1. The monoisotopic (exact) mass is 566 g/mol. The number of methoxy groups -OCH3 is 1. The van der Waals surface area contributed by atoms with Gasteiger partial charge >= 0.3 is 5.97 Å². The Hall–Kier alpha value is -5.18. The van der Waals surface area contributed by atoms with Crippen molar-refractivity contribution >= 4 is 27.8 Å². The van der Waals surface area contributed by atoms with Gasteiger partial charge < -0.3 is 32.7 Å². The third-order valence-corrected chi connectivity index (χ3v) is 7.23. The Labute approximate surface area is 241 Å². The number of aryl methyl sites for hydroxylation is 1. The molecule has 0 saturated heterocycles. The van der Waals surface area contributed by atoms with Crippen LogP contribution in [0, 0.1) is 12.8 Å². The highest BCUT2D eigenvalue weighted by atomic mass is 16.5. The van der Waals surface area contributed by atoms with Gasteiger partial charge in [0.2, 0.25) is 0 Å². The minimum absolute atomic E-state index is 0.0879. The summed E-state index contributed by atoms with van der Waals surface area (Å²) < 4.78 is 31.2. The maximum Gasteiger partial charge on any atom is 0.309 e. The second kappa shape index (κ2) is 11.4. The van der Waals surface area contributed by atoms with Gasteiger partial charge in [0.05, 0.1) is 24.8 Å². The molecule has 6 aromatic rings. The van der Waals surface area contributed by atoms with Crippen molar-refractivity contribution in [2.75, 3.05) is 13.7 Å². The van der Waals surface area contributed by atoms with E-state index in [4.69, 9.17) is 23.0 Å². The van der Waals surface area contributed by atoms with Crippen LogP contribution in [0.15, 0.2) is 87.9 Å². The highest BCUT2D eigenvalue weighted by Crippen LogP contribution is 2.37. The minimum atomic E-state index is -0.888. The number of carboxylic acids is 1. The first kappa shape index (κ1) is 27.0. The largest absolute Gasteiger partial charge is 0.493 e. The fourth-order valence-electron chi connectivity index (χ4n) is 4.97. The zero-order valence-corrected chi connectivity index (χ0v) is 23.5. The van der Waals surface area contributed by atoms with Crippen molar-refractivity contribution in [3.05, 3.63) is 96.1 Å². The molecule has 3 aromatic carbocycles. The van der Waals surface area contributed by atoms with Crippen LogP contribution in [0.3, 0.4) is 0 Å². The number of oxazole rings is 1. The number of para-hydroxylation sites is 1. The van der Waals surface area contributed by atoms with Crippen molar-refractivity contribution in [1.29, 1.82) is 0 Å². The molecule has 0 fully saturated rings. The third-order valence-electron chi connectivity index (χ3n) is 7.23. The molecule has 6 rings (SSSR count). The quantitative estimate of drug-likeness (QED) is 0.177. The molecule has 0 aliphatic heterocycles. The number of aliphatic carboxylic acids is 1. The standard InChI is InChI=1S/C33H30N2O7/c1-20(33(36)37)18-40-28-11-6-10-26-31(28)23-8-4-5-9-25(23)35(26)17-22-13-14-27(30(16-22)38-3)41-19-24-21(2)42-32(34-24)29-12-7-15-39-29/h4-16,20H,17-19H2,1-3H3,(H,36,37). The van der Waals surface area contributed by atoms with Gasteiger partial charge in [-0.3, -0.25) is 4.79 Å². The second-order valence-corrected chi connectivity index (χ2v) is 10.1. The van der Waals surface area contributed by atoms with E-state index in [1.807, 2.05) is 49.4 Å². The molecule has 1 N–H and O–H groups in total. The number of nitrogens with zero attached hydrogens (tertiary/aromatic N) is 2. The van der Waals surface area contributed by atoms with E-state index in [1.54, 1.807) is 32.4 Å². The lowest BCUT2D eigenvalue weighted by Gasteiger charge is -2.14. The Balaban J connectivity index is 1.27. The Bertz CT molecular complexity index is 1870. The molecule has 0 bridgehead atoms. The molecule has 9 heteroatoms. The smallest absolute Gasteiger partial charge is 0.309 e. The summed E-state index contributed by atoms with van der Waals surface area (Å²) in [4.78, 5) is 15.9. The lowest BCUT2D eigenvalue weighted by atomic mass is 10.1. The number of hydrogen-bond donors (Lipinski definition) is 1. The number of ether oxygens (including phenoxy) is 3. The van der Waals surface area contributed by atoms with E-state index in [-0.39, 0.29) is 13.2 Å². The number of carboxylic acid groups (broad SMARTS) is 1. The minimum Gasteiger partial charge on any atom is -0.493 e. The average Bonchev–Trinajstić information content (AvgIpc) is 3.74.